The summed E-state index contributed by atoms with van der Waals surface area (Å²) < 4.78 is 15.3. The van der Waals surface area contributed by atoms with Crippen LogP contribution in [0.1, 0.15) is 75.7 Å². The lowest BCUT2D eigenvalue weighted by molar-refractivity contribution is -0.000612. The molecular weight excluding hydrogens is 424 g/mol. The van der Waals surface area contributed by atoms with E-state index in [4.69, 9.17) is 14.2 Å². The second-order valence-corrected chi connectivity index (χ2v) is 7.88. The molecule has 0 aliphatic carbocycles. The minimum absolute atomic E-state index is 0.188. The van der Waals surface area contributed by atoms with Crippen molar-refractivity contribution in [1.82, 2.24) is 10.0 Å². The zero-order valence-electron chi connectivity index (χ0n) is 20.4. The normalized spacial score (nSPS) is 15.6. The summed E-state index contributed by atoms with van der Waals surface area (Å²) >= 11 is 0. The minimum Gasteiger partial charge on any atom is -0.465 e. The van der Waals surface area contributed by atoms with Gasteiger partial charge in [-0.05, 0) is 56.9 Å². The Morgan fingerprint density at radius 1 is 0.909 bits per heavy atom. The molecule has 182 valence electrons. The van der Waals surface area contributed by atoms with Crippen LogP contribution < -0.4 is 0 Å². The van der Waals surface area contributed by atoms with Crippen molar-refractivity contribution in [3.8, 4) is 0 Å². The molecule has 1 aromatic carbocycles. The topological polar surface area (TPSA) is 85.4 Å². The van der Waals surface area contributed by atoms with Gasteiger partial charge in [0, 0.05) is 6.42 Å². The predicted molar refractivity (Wildman–Crippen MR) is 124 cm³/mol. The molecule has 8 nitrogen and oxygen atoms in total. The molecule has 1 heterocycles. The van der Waals surface area contributed by atoms with Crippen LogP contribution in [-0.4, -0.2) is 54.5 Å². The highest BCUT2D eigenvalue weighted by Gasteiger charge is 2.43. The molecule has 1 atom stereocenters. The van der Waals surface area contributed by atoms with Crippen LogP contribution in [0, 0.1) is 0 Å². The molecule has 0 bridgehead atoms. The number of esters is 1. The molecular formula is C25H36N2O6. The van der Waals surface area contributed by atoms with Gasteiger partial charge in [0.15, 0.2) is 0 Å². The monoisotopic (exact) mass is 460 g/mol. The third-order valence-electron chi connectivity index (χ3n) is 5.65. The van der Waals surface area contributed by atoms with Crippen molar-refractivity contribution in [1.29, 1.82) is 0 Å². The Labute approximate surface area is 196 Å². The lowest BCUT2D eigenvalue weighted by atomic mass is 9.96. The highest BCUT2D eigenvalue weighted by molar-refractivity contribution is 5.89. The molecule has 0 N–H and O–H groups in total. The number of hydrogen-bond donors (Lipinski definition) is 0. The van der Waals surface area contributed by atoms with Gasteiger partial charge in [0.25, 0.3) is 0 Å². The van der Waals surface area contributed by atoms with Gasteiger partial charge in [-0.25, -0.2) is 19.4 Å². The summed E-state index contributed by atoms with van der Waals surface area (Å²) in [6, 6.07) is 6.71. The average Bonchev–Trinajstić information content (AvgIpc) is 3.08. The first-order chi connectivity index (χ1) is 15.9. The molecule has 1 aliphatic rings. The minimum atomic E-state index is -0.609. The molecule has 0 radical (unpaired) electrons. The fourth-order valence-electron chi connectivity index (χ4n) is 3.99. The van der Waals surface area contributed by atoms with Crippen LogP contribution in [-0.2, 0) is 20.6 Å². The van der Waals surface area contributed by atoms with Crippen LogP contribution >= 0.6 is 0 Å². The quantitative estimate of drug-likeness (QED) is 0.261. The van der Waals surface area contributed by atoms with Crippen LogP contribution in [0.4, 0.5) is 9.59 Å². The Morgan fingerprint density at radius 2 is 1.55 bits per heavy atom. The number of hydrazine groups is 1. The van der Waals surface area contributed by atoms with Crippen LogP contribution in [0.2, 0.25) is 0 Å². The Bertz CT molecular complexity index is 849. The molecule has 2 rings (SSSR count). The Kier molecular flexibility index (Phi) is 10.2. The van der Waals surface area contributed by atoms with E-state index < -0.39 is 18.2 Å². The van der Waals surface area contributed by atoms with Crippen molar-refractivity contribution in [3.63, 3.8) is 0 Å². The van der Waals surface area contributed by atoms with Gasteiger partial charge < -0.3 is 14.2 Å². The van der Waals surface area contributed by atoms with Gasteiger partial charge in [-0.15, -0.1) is 0 Å². The van der Waals surface area contributed by atoms with Crippen LogP contribution in [0.25, 0.3) is 0 Å². The molecule has 0 saturated carbocycles. The van der Waals surface area contributed by atoms with E-state index in [-0.39, 0.29) is 19.3 Å². The van der Waals surface area contributed by atoms with Crippen LogP contribution in [0.5, 0.6) is 0 Å². The van der Waals surface area contributed by atoms with Crippen molar-refractivity contribution >= 4 is 18.2 Å². The van der Waals surface area contributed by atoms with E-state index in [1.54, 1.807) is 26.0 Å². The smallest absolute Gasteiger partial charge is 0.433 e. The Morgan fingerprint density at radius 3 is 2.12 bits per heavy atom. The van der Waals surface area contributed by atoms with Crippen molar-refractivity contribution in [2.75, 3.05) is 20.3 Å². The number of rotatable bonds is 10. The number of ether oxygens (including phenoxy) is 3. The van der Waals surface area contributed by atoms with Gasteiger partial charge in [-0.3, -0.25) is 0 Å². The molecule has 0 aromatic heterocycles. The third kappa shape index (κ3) is 6.49. The second-order valence-electron chi connectivity index (χ2n) is 7.88. The van der Waals surface area contributed by atoms with E-state index in [9.17, 15) is 14.4 Å². The van der Waals surface area contributed by atoms with Gasteiger partial charge in [0.1, 0.15) is 0 Å². The summed E-state index contributed by atoms with van der Waals surface area (Å²) in [6.45, 7) is 7.92. The molecule has 0 fully saturated rings. The van der Waals surface area contributed by atoms with E-state index in [1.807, 2.05) is 19.1 Å². The lowest BCUT2D eigenvalue weighted by Gasteiger charge is -2.31. The molecule has 1 aromatic rings. The maximum absolute atomic E-state index is 13.0. The number of hydrogen-bond acceptors (Lipinski definition) is 6. The zero-order valence-corrected chi connectivity index (χ0v) is 20.4. The largest absolute Gasteiger partial charge is 0.465 e. The number of carbonyl (C=O) groups excluding carboxylic acids is 3. The van der Waals surface area contributed by atoms with E-state index in [2.05, 4.69) is 6.92 Å². The van der Waals surface area contributed by atoms with Gasteiger partial charge in [0.2, 0.25) is 0 Å². The zero-order chi connectivity index (χ0) is 24.4. The lowest BCUT2D eigenvalue weighted by Crippen LogP contribution is -2.49. The van der Waals surface area contributed by atoms with Crippen molar-refractivity contribution in [2.45, 2.75) is 72.3 Å². The number of unbranched alkanes of at least 4 members (excludes halogenated alkanes) is 3. The number of carbonyl (C=O) groups is 3. The molecule has 8 heteroatoms. The highest BCUT2D eigenvalue weighted by Crippen LogP contribution is 2.36. The first-order valence-electron chi connectivity index (χ1n) is 11.7. The van der Waals surface area contributed by atoms with Crippen molar-refractivity contribution in [2.24, 2.45) is 0 Å². The number of nitrogens with zero attached hydrogens (tertiary/aromatic N) is 2. The SMILES string of the molecule is CCCCCCC1=C(Cc2ccc(C(=O)OC)cc2)N(C(=O)OCC)N(C(=O)OCC)C1C. The van der Waals surface area contributed by atoms with Crippen LogP contribution in [0.3, 0.4) is 0 Å². The van der Waals surface area contributed by atoms with Gasteiger partial charge in [-0.2, -0.15) is 5.01 Å². The summed E-state index contributed by atoms with van der Waals surface area (Å²) in [7, 11) is 1.34. The summed E-state index contributed by atoms with van der Waals surface area (Å²) in [5, 5.41) is 2.68. The standard InChI is InChI=1S/C25H36N2O6/c1-6-9-10-11-12-21-18(4)26(24(29)32-7-2)27(25(30)33-8-3)22(21)17-19-13-15-20(16-14-19)23(28)31-5/h13-16,18H,6-12,17H2,1-5H3. The first-order valence-corrected chi connectivity index (χ1v) is 11.7. The molecule has 1 unspecified atom stereocenters. The average molecular weight is 461 g/mol. The van der Waals surface area contributed by atoms with E-state index in [0.29, 0.717) is 12.0 Å². The predicted octanol–water partition coefficient (Wildman–Crippen LogP) is 5.47. The van der Waals surface area contributed by atoms with Gasteiger partial charge >= 0.3 is 18.2 Å². The molecule has 0 spiro atoms. The summed E-state index contributed by atoms with van der Waals surface area (Å²) in [5.74, 6) is -0.409. The fraction of sp³-hybridized carbons (Fsp3) is 0.560. The maximum Gasteiger partial charge on any atom is 0.433 e. The number of amides is 2. The highest BCUT2D eigenvalue weighted by atomic mass is 16.6. The third-order valence-corrected chi connectivity index (χ3v) is 5.65. The number of benzene rings is 1. The molecule has 1 aliphatic heterocycles. The number of allylic oxidation sites excluding steroid dienone is 1. The van der Waals surface area contributed by atoms with Crippen molar-refractivity contribution < 1.29 is 28.6 Å². The Hall–Kier alpha value is -3.03. The molecule has 2 amide bonds. The summed E-state index contributed by atoms with van der Waals surface area (Å²) in [4.78, 5) is 37.6. The van der Waals surface area contributed by atoms with Gasteiger partial charge in [-0.1, -0.05) is 38.3 Å². The maximum atomic E-state index is 13.0. The summed E-state index contributed by atoms with van der Waals surface area (Å²) in [5.41, 5.74) is 3.08. The van der Waals surface area contributed by atoms with E-state index >= 15 is 0 Å². The first kappa shape index (κ1) is 26.2. The summed E-state index contributed by atoms with van der Waals surface area (Å²) in [6.07, 6.45) is 4.28. The van der Waals surface area contributed by atoms with Gasteiger partial charge in [0.05, 0.1) is 37.6 Å². The molecule has 33 heavy (non-hydrogen) atoms. The van der Waals surface area contributed by atoms with Crippen molar-refractivity contribution in [3.05, 3.63) is 46.7 Å². The fourth-order valence-corrected chi connectivity index (χ4v) is 3.99. The number of methoxy groups -OCH3 is 1. The van der Waals surface area contributed by atoms with E-state index in [0.717, 1.165) is 48.9 Å². The Balaban J connectivity index is 2.44. The van der Waals surface area contributed by atoms with Crippen LogP contribution in [0.15, 0.2) is 35.5 Å². The second kappa shape index (κ2) is 12.9. The molecule has 0 saturated heterocycles. The van der Waals surface area contributed by atoms with E-state index in [1.165, 1.54) is 17.1 Å².